The fraction of sp³-hybridized carbons (Fsp3) is 0.158. The van der Waals surface area contributed by atoms with E-state index in [-0.39, 0.29) is 5.91 Å². The molecule has 0 N–H and O–H groups in total. The molecule has 0 spiro atoms. The van der Waals surface area contributed by atoms with Crippen molar-refractivity contribution in [3.8, 4) is 5.69 Å². The van der Waals surface area contributed by atoms with Gasteiger partial charge in [0.15, 0.2) is 0 Å². The maximum atomic E-state index is 12.5. The van der Waals surface area contributed by atoms with E-state index < -0.39 is 10.8 Å². The van der Waals surface area contributed by atoms with Crippen LogP contribution in [0.1, 0.15) is 15.9 Å². The number of aromatic nitrogens is 2. The number of rotatable bonds is 5. The number of hydrogen-bond donors (Lipinski definition) is 0. The van der Waals surface area contributed by atoms with Crippen LogP contribution in [-0.4, -0.2) is 38.1 Å². The summed E-state index contributed by atoms with van der Waals surface area (Å²) >= 11 is 0. The zero-order valence-electron chi connectivity index (χ0n) is 14.1. The Morgan fingerprint density at radius 1 is 1.12 bits per heavy atom. The highest BCUT2D eigenvalue weighted by atomic mass is 32.2. The van der Waals surface area contributed by atoms with Crippen LogP contribution in [0.25, 0.3) is 5.69 Å². The first-order chi connectivity index (χ1) is 12.0. The standard InChI is InChI=1S/C19H19N3O2S/c1-21(19(23)16-8-10-18(11-9-16)25(2)24)13-15-12-20-22(14-15)17-6-4-3-5-7-17/h3-12,14H,13H2,1-2H3. The second kappa shape index (κ2) is 7.44. The number of nitrogens with zero attached hydrogens (tertiary/aromatic N) is 3. The molecule has 0 bridgehead atoms. The van der Waals surface area contributed by atoms with Crippen molar-refractivity contribution in [1.82, 2.24) is 14.7 Å². The van der Waals surface area contributed by atoms with Gasteiger partial charge in [-0.1, -0.05) is 18.2 Å². The first kappa shape index (κ1) is 17.1. The largest absolute Gasteiger partial charge is 0.337 e. The number of carbonyl (C=O) groups is 1. The molecule has 2 aromatic carbocycles. The van der Waals surface area contributed by atoms with Crippen LogP contribution in [0.4, 0.5) is 0 Å². The minimum atomic E-state index is -1.04. The summed E-state index contributed by atoms with van der Waals surface area (Å²) in [4.78, 5) is 14.9. The second-order valence-electron chi connectivity index (χ2n) is 5.77. The Morgan fingerprint density at radius 2 is 1.80 bits per heavy atom. The lowest BCUT2D eigenvalue weighted by Gasteiger charge is -2.16. The SMILES string of the molecule is CN(Cc1cnn(-c2ccccc2)c1)C(=O)c1ccc(S(C)=O)cc1. The Bertz CT molecular complexity index is 889. The van der Waals surface area contributed by atoms with Crippen molar-refractivity contribution in [2.45, 2.75) is 11.4 Å². The van der Waals surface area contributed by atoms with Crippen LogP contribution in [0, 0.1) is 0 Å². The van der Waals surface area contributed by atoms with Crippen LogP contribution in [0.15, 0.2) is 71.9 Å². The van der Waals surface area contributed by atoms with Gasteiger partial charge in [-0.05, 0) is 36.4 Å². The molecule has 1 amide bonds. The number of carbonyl (C=O) groups excluding carboxylic acids is 1. The lowest BCUT2D eigenvalue weighted by Crippen LogP contribution is -2.26. The molecular weight excluding hydrogens is 334 g/mol. The van der Waals surface area contributed by atoms with E-state index in [9.17, 15) is 9.00 Å². The zero-order valence-corrected chi connectivity index (χ0v) is 14.9. The zero-order chi connectivity index (χ0) is 17.8. The summed E-state index contributed by atoms with van der Waals surface area (Å²) in [5.74, 6) is -0.0825. The molecule has 25 heavy (non-hydrogen) atoms. The lowest BCUT2D eigenvalue weighted by molar-refractivity contribution is 0.0785. The fourth-order valence-electron chi connectivity index (χ4n) is 2.52. The summed E-state index contributed by atoms with van der Waals surface area (Å²) in [5.41, 5.74) is 2.50. The quantitative estimate of drug-likeness (QED) is 0.709. The second-order valence-corrected chi connectivity index (χ2v) is 7.15. The highest BCUT2D eigenvalue weighted by Crippen LogP contribution is 2.13. The third kappa shape index (κ3) is 4.03. The predicted molar refractivity (Wildman–Crippen MR) is 98.1 cm³/mol. The topological polar surface area (TPSA) is 55.2 Å². The Balaban J connectivity index is 1.69. The average Bonchev–Trinajstić information content (AvgIpc) is 3.10. The highest BCUT2D eigenvalue weighted by Gasteiger charge is 2.13. The summed E-state index contributed by atoms with van der Waals surface area (Å²) in [5, 5.41) is 4.35. The van der Waals surface area contributed by atoms with Crippen molar-refractivity contribution in [3.05, 3.63) is 78.1 Å². The molecule has 128 valence electrons. The average molecular weight is 353 g/mol. The lowest BCUT2D eigenvalue weighted by atomic mass is 10.2. The molecule has 0 fully saturated rings. The fourth-order valence-corrected chi connectivity index (χ4v) is 3.04. The van der Waals surface area contributed by atoms with Gasteiger partial charge in [0.05, 0.1) is 11.9 Å². The van der Waals surface area contributed by atoms with Crippen LogP contribution in [0.5, 0.6) is 0 Å². The number of benzene rings is 2. The van der Waals surface area contributed by atoms with E-state index in [1.165, 1.54) is 0 Å². The number of para-hydroxylation sites is 1. The normalized spacial score (nSPS) is 11.9. The predicted octanol–water partition coefficient (Wildman–Crippen LogP) is 2.88. The summed E-state index contributed by atoms with van der Waals surface area (Å²) in [7, 11) is 0.714. The van der Waals surface area contributed by atoms with Gasteiger partial charge in [0.2, 0.25) is 0 Å². The maximum Gasteiger partial charge on any atom is 0.253 e. The molecule has 5 nitrogen and oxygen atoms in total. The van der Waals surface area contributed by atoms with Gasteiger partial charge in [-0.2, -0.15) is 5.10 Å². The van der Waals surface area contributed by atoms with Gasteiger partial charge >= 0.3 is 0 Å². The molecule has 1 atom stereocenters. The van der Waals surface area contributed by atoms with E-state index >= 15 is 0 Å². The Labute approximate surface area is 149 Å². The van der Waals surface area contributed by atoms with Gasteiger partial charge < -0.3 is 4.90 Å². The van der Waals surface area contributed by atoms with E-state index in [4.69, 9.17) is 0 Å². The van der Waals surface area contributed by atoms with Crippen molar-refractivity contribution >= 4 is 16.7 Å². The maximum absolute atomic E-state index is 12.5. The van der Waals surface area contributed by atoms with Crippen molar-refractivity contribution in [1.29, 1.82) is 0 Å². The van der Waals surface area contributed by atoms with Crippen LogP contribution in [0.2, 0.25) is 0 Å². The summed E-state index contributed by atoms with van der Waals surface area (Å²) in [6, 6.07) is 16.7. The molecule has 1 heterocycles. The van der Waals surface area contributed by atoms with E-state index in [0.29, 0.717) is 17.0 Å². The first-order valence-electron chi connectivity index (χ1n) is 7.82. The van der Waals surface area contributed by atoms with E-state index in [1.807, 2.05) is 36.5 Å². The van der Waals surface area contributed by atoms with Crippen LogP contribution in [-0.2, 0) is 17.3 Å². The molecule has 6 heteroatoms. The smallest absolute Gasteiger partial charge is 0.253 e. The van der Waals surface area contributed by atoms with Crippen molar-refractivity contribution < 1.29 is 9.00 Å². The van der Waals surface area contributed by atoms with Crippen LogP contribution < -0.4 is 0 Å². The minimum Gasteiger partial charge on any atom is -0.337 e. The molecule has 3 aromatic rings. The summed E-state index contributed by atoms with van der Waals surface area (Å²) in [6.07, 6.45) is 5.30. The molecular formula is C19H19N3O2S. The van der Waals surface area contributed by atoms with Crippen LogP contribution in [0.3, 0.4) is 0 Å². The summed E-state index contributed by atoms with van der Waals surface area (Å²) < 4.78 is 13.2. The highest BCUT2D eigenvalue weighted by molar-refractivity contribution is 7.84. The first-order valence-corrected chi connectivity index (χ1v) is 9.38. The molecule has 0 saturated carbocycles. The third-order valence-corrected chi connectivity index (χ3v) is 4.79. The van der Waals surface area contributed by atoms with Gasteiger partial charge in [-0.3, -0.25) is 9.00 Å². The van der Waals surface area contributed by atoms with Crippen molar-refractivity contribution in [2.24, 2.45) is 0 Å². The van der Waals surface area contributed by atoms with Crippen LogP contribution >= 0.6 is 0 Å². The molecule has 0 saturated heterocycles. The van der Waals surface area contributed by atoms with Gasteiger partial charge in [0.25, 0.3) is 5.91 Å². The summed E-state index contributed by atoms with van der Waals surface area (Å²) in [6.45, 7) is 0.465. The number of amides is 1. The van der Waals surface area contributed by atoms with E-state index in [2.05, 4.69) is 5.10 Å². The molecule has 0 aliphatic heterocycles. The van der Waals surface area contributed by atoms with Gasteiger partial charge in [-0.25, -0.2) is 4.68 Å². The van der Waals surface area contributed by atoms with E-state index in [0.717, 1.165) is 11.3 Å². The third-order valence-electron chi connectivity index (χ3n) is 3.86. The Morgan fingerprint density at radius 3 is 2.44 bits per heavy atom. The number of hydrogen-bond acceptors (Lipinski definition) is 3. The molecule has 0 aliphatic carbocycles. The van der Waals surface area contributed by atoms with Crippen molar-refractivity contribution in [3.63, 3.8) is 0 Å². The van der Waals surface area contributed by atoms with E-state index in [1.54, 1.807) is 53.3 Å². The Kier molecular flexibility index (Phi) is 5.09. The van der Waals surface area contributed by atoms with Gasteiger partial charge in [0.1, 0.15) is 0 Å². The molecule has 3 rings (SSSR count). The minimum absolute atomic E-state index is 0.0825. The van der Waals surface area contributed by atoms with Gasteiger partial charge in [-0.15, -0.1) is 0 Å². The molecule has 0 aliphatic rings. The van der Waals surface area contributed by atoms with Gasteiger partial charge in [0, 0.05) is 52.9 Å². The molecule has 1 unspecified atom stereocenters. The monoisotopic (exact) mass is 353 g/mol. The Hall–Kier alpha value is -2.73. The molecule has 0 radical (unpaired) electrons. The van der Waals surface area contributed by atoms with Crippen molar-refractivity contribution in [2.75, 3.05) is 13.3 Å². The molecule has 1 aromatic heterocycles.